The van der Waals surface area contributed by atoms with E-state index in [9.17, 15) is 0 Å². The molecule has 0 unspecified atom stereocenters. The highest BCUT2D eigenvalue weighted by atomic mass is 79.9. The topological polar surface area (TPSA) is 24.9 Å². The Morgan fingerprint density at radius 2 is 1.90 bits per heavy atom. The molecule has 0 aliphatic carbocycles. The Kier molecular flexibility index (Phi) is 5.88. The highest BCUT2D eigenvalue weighted by molar-refractivity contribution is 9.10. The standard InChI is InChI=1S/C16H21BrN2S2/c1-11-14(9-18-16(2,3)4)21-15(19-11)10-20-13-7-5-12(17)6-8-13/h5-8,18H,9-10H2,1-4H3. The van der Waals surface area contributed by atoms with Crippen LogP contribution in [0.5, 0.6) is 0 Å². The van der Waals surface area contributed by atoms with E-state index in [1.807, 2.05) is 23.1 Å². The van der Waals surface area contributed by atoms with Crippen LogP contribution in [0.3, 0.4) is 0 Å². The van der Waals surface area contributed by atoms with Gasteiger partial charge in [-0.2, -0.15) is 0 Å². The molecule has 0 aliphatic rings. The molecule has 0 spiro atoms. The van der Waals surface area contributed by atoms with Crippen LogP contribution in [0, 0.1) is 6.92 Å². The summed E-state index contributed by atoms with van der Waals surface area (Å²) in [6.07, 6.45) is 0. The van der Waals surface area contributed by atoms with Crippen LogP contribution in [0.4, 0.5) is 0 Å². The summed E-state index contributed by atoms with van der Waals surface area (Å²) in [6, 6.07) is 8.43. The fraction of sp³-hybridized carbons (Fsp3) is 0.438. The molecule has 2 rings (SSSR count). The number of nitrogens with zero attached hydrogens (tertiary/aromatic N) is 1. The monoisotopic (exact) mass is 384 g/mol. The van der Waals surface area contributed by atoms with Crippen molar-refractivity contribution in [3.8, 4) is 0 Å². The van der Waals surface area contributed by atoms with Gasteiger partial charge in [0.1, 0.15) is 5.01 Å². The molecule has 0 atom stereocenters. The Hall–Kier alpha value is -0.360. The van der Waals surface area contributed by atoms with Gasteiger partial charge in [0.25, 0.3) is 0 Å². The van der Waals surface area contributed by atoms with Gasteiger partial charge in [-0.1, -0.05) is 15.9 Å². The number of nitrogens with one attached hydrogen (secondary N) is 1. The van der Waals surface area contributed by atoms with Crippen molar-refractivity contribution in [2.24, 2.45) is 0 Å². The maximum absolute atomic E-state index is 4.69. The lowest BCUT2D eigenvalue weighted by Crippen LogP contribution is -2.34. The largest absolute Gasteiger partial charge is 0.307 e. The number of benzene rings is 1. The number of thiazole rings is 1. The van der Waals surface area contributed by atoms with E-state index in [1.165, 1.54) is 14.8 Å². The number of hydrogen-bond acceptors (Lipinski definition) is 4. The van der Waals surface area contributed by atoms with Gasteiger partial charge in [-0.15, -0.1) is 23.1 Å². The number of thioether (sulfide) groups is 1. The molecule has 1 aromatic carbocycles. The maximum Gasteiger partial charge on any atom is 0.103 e. The van der Waals surface area contributed by atoms with Crippen LogP contribution in [0.25, 0.3) is 0 Å². The van der Waals surface area contributed by atoms with Gasteiger partial charge < -0.3 is 5.32 Å². The minimum absolute atomic E-state index is 0.142. The average molecular weight is 385 g/mol. The molecule has 5 heteroatoms. The Balaban J connectivity index is 1.94. The predicted octanol–water partition coefficient (Wildman–Crippen LogP) is 5.39. The minimum atomic E-state index is 0.142. The fourth-order valence-corrected chi connectivity index (χ4v) is 3.90. The summed E-state index contributed by atoms with van der Waals surface area (Å²) in [4.78, 5) is 7.31. The number of aryl methyl sites for hydroxylation is 1. The first-order valence-electron chi connectivity index (χ1n) is 6.92. The van der Waals surface area contributed by atoms with Gasteiger partial charge in [-0.25, -0.2) is 4.98 Å². The molecular weight excluding hydrogens is 364 g/mol. The Morgan fingerprint density at radius 3 is 2.52 bits per heavy atom. The average Bonchev–Trinajstić information content (AvgIpc) is 2.76. The van der Waals surface area contributed by atoms with Crippen molar-refractivity contribution in [2.45, 2.75) is 50.4 Å². The van der Waals surface area contributed by atoms with Crippen LogP contribution in [0.15, 0.2) is 33.6 Å². The Morgan fingerprint density at radius 1 is 1.24 bits per heavy atom. The van der Waals surface area contributed by atoms with Crippen molar-refractivity contribution < 1.29 is 0 Å². The normalized spacial score (nSPS) is 11.9. The molecule has 2 aromatic rings. The molecule has 1 aromatic heterocycles. The second-order valence-electron chi connectivity index (χ2n) is 5.96. The van der Waals surface area contributed by atoms with E-state index in [0.29, 0.717) is 0 Å². The van der Waals surface area contributed by atoms with E-state index >= 15 is 0 Å². The van der Waals surface area contributed by atoms with Crippen molar-refractivity contribution in [1.82, 2.24) is 10.3 Å². The molecule has 0 amide bonds. The molecule has 0 radical (unpaired) electrons. The van der Waals surface area contributed by atoms with Crippen LogP contribution < -0.4 is 5.32 Å². The summed E-state index contributed by atoms with van der Waals surface area (Å²) in [5.74, 6) is 0.933. The molecule has 0 aliphatic heterocycles. The lowest BCUT2D eigenvalue weighted by atomic mass is 10.1. The number of hydrogen-bond donors (Lipinski definition) is 1. The van der Waals surface area contributed by atoms with Gasteiger partial charge in [-0.05, 0) is 52.0 Å². The summed E-state index contributed by atoms with van der Waals surface area (Å²) in [5.41, 5.74) is 1.30. The Labute approximate surface area is 143 Å². The Bertz CT molecular complexity index is 585. The van der Waals surface area contributed by atoms with Crippen molar-refractivity contribution in [2.75, 3.05) is 0 Å². The van der Waals surface area contributed by atoms with Crippen LogP contribution in [0.2, 0.25) is 0 Å². The first-order valence-corrected chi connectivity index (χ1v) is 9.51. The van der Waals surface area contributed by atoms with Crippen LogP contribution in [-0.4, -0.2) is 10.5 Å². The van der Waals surface area contributed by atoms with Gasteiger partial charge in [0, 0.05) is 26.3 Å². The molecule has 1 heterocycles. The smallest absolute Gasteiger partial charge is 0.103 e. The van der Waals surface area contributed by atoms with Gasteiger partial charge in [0.2, 0.25) is 0 Å². The molecule has 1 N–H and O–H groups in total. The third kappa shape index (κ3) is 5.74. The van der Waals surface area contributed by atoms with Crippen molar-refractivity contribution in [3.63, 3.8) is 0 Å². The van der Waals surface area contributed by atoms with Gasteiger partial charge in [0.15, 0.2) is 0 Å². The summed E-state index contributed by atoms with van der Waals surface area (Å²) >= 11 is 7.11. The van der Waals surface area contributed by atoms with Crippen LogP contribution >= 0.6 is 39.0 Å². The third-order valence-corrected chi connectivity index (χ3v) is 5.78. The highest BCUT2D eigenvalue weighted by Crippen LogP contribution is 2.28. The SMILES string of the molecule is Cc1nc(CSc2ccc(Br)cc2)sc1CNC(C)(C)C. The van der Waals surface area contributed by atoms with Crippen molar-refractivity contribution in [1.29, 1.82) is 0 Å². The number of aromatic nitrogens is 1. The van der Waals surface area contributed by atoms with Gasteiger partial charge >= 0.3 is 0 Å². The summed E-state index contributed by atoms with van der Waals surface area (Å²) in [6.45, 7) is 9.56. The minimum Gasteiger partial charge on any atom is -0.307 e. The van der Waals surface area contributed by atoms with E-state index in [2.05, 4.69) is 73.2 Å². The van der Waals surface area contributed by atoms with E-state index in [0.717, 1.165) is 22.5 Å². The van der Waals surface area contributed by atoms with Gasteiger partial charge in [-0.3, -0.25) is 0 Å². The molecule has 0 saturated carbocycles. The molecular formula is C16H21BrN2S2. The zero-order valence-corrected chi connectivity index (χ0v) is 16.1. The van der Waals surface area contributed by atoms with Gasteiger partial charge in [0.05, 0.1) is 11.4 Å². The quantitative estimate of drug-likeness (QED) is 0.698. The lowest BCUT2D eigenvalue weighted by Gasteiger charge is -2.19. The predicted molar refractivity (Wildman–Crippen MR) is 97.1 cm³/mol. The maximum atomic E-state index is 4.69. The number of rotatable bonds is 5. The molecule has 2 nitrogen and oxygen atoms in total. The van der Waals surface area contributed by atoms with Crippen molar-refractivity contribution in [3.05, 3.63) is 44.3 Å². The molecule has 0 saturated heterocycles. The third-order valence-electron chi connectivity index (χ3n) is 2.89. The first-order chi connectivity index (χ1) is 9.83. The summed E-state index contributed by atoms with van der Waals surface area (Å²) in [7, 11) is 0. The zero-order valence-electron chi connectivity index (χ0n) is 12.9. The van der Waals surface area contributed by atoms with E-state index in [1.54, 1.807) is 0 Å². The first kappa shape index (κ1) is 17.0. The summed E-state index contributed by atoms with van der Waals surface area (Å²) in [5, 5.41) is 4.73. The fourth-order valence-electron chi connectivity index (χ4n) is 1.74. The molecule has 0 fully saturated rings. The summed E-state index contributed by atoms with van der Waals surface area (Å²) < 4.78 is 1.12. The molecule has 114 valence electrons. The van der Waals surface area contributed by atoms with E-state index in [4.69, 9.17) is 4.98 Å². The molecule has 21 heavy (non-hydrogen) atoms. The zero-order chi connectivity index (χ0) is 15.5. The second-order valence-corrected chi connectivity index (χ2v) is 9.09. The van der Waals surface area contributed by atoms with E-state index < -0.39 is 0 Å². The highest BCUT2D eigenvalue weighted by Gasteiger charge is 2.12. The second kappa shape index (κ2) is 7.27. The van der Waals surface area contributed by atoms with Crippen molar-refractivity contribution >= 4 is 39.0 Å². The van der Waals surface area contributed by atoms with Crippen LogP contribution in [0.1, 0.15) is 36.3 Å². The van der Waals surface area contributed by atoms with Crippen LogP contribution in [-0.2, 0) is 12.3 Å². The molecule has 0 bridgehead atoms. The lowest BCUT2D eigenvalue weighted by molar-refractivity contribution is 0.425. The van der Waals surface area contributed by atoms with E-state index in [-0.39, 0.29) is 5.54 Å². The number of halogens is 1.